The Morgan fingerprint density at radius 2 is 2.33 bits per heavy atom. The minimum Gasteiger partial charge on any atom is -0.495 e. The van der Waals surface area contributed by atoms with Crippen LogP contribution in [0.1, 0.15) is 29.2 Å². The zero-order valence-electron chi connectivity index (χ0n) is 10.6. The van der Waals surface area contributed by atoms with Gasteiger partial charge in [-0.25, -0.2) is 0 Å². The molecule has 1 atom stereocenters. The first-order chi connectivity index (χ1) is 8.81. The summed E-state index contributed by atoms with van der Waals surface area (Å²) in [5.74, 6) is 0.948. The summed E-state index contributed by atoms with van der Waals surface area (Å²) in [7, 11) is 1.74. The Morgan fingerprint density at radius 1 is 1.44 bits per heavy atom. The Kier molecular flexibility index (Phi) is 3.59. The summed E-state index contributed by atoms with van der Waals surface area (Å²) in [6.45, 7) is 2.56. The van der Waals surface area contributed by atoms with E-state index in [1.54, 1.807) is 7.11 Å². The molecule has 3 rings (SSSR count). The molecule has 0 aromatic heterocycles. The quantitative estimate of drug-likeness (QED) is 0.910. The molecule has 0 amide bonds. The average molecular weight is 312 g/mol. The van der Waals surface area contributed by atoms with Crippen molar-refractivity contribution in [1.82, 2.24) is 5.32 Å². The Balaban J connectivity index is 2.04. The fourth-order valence-corrected chi connectivity index (χ4v) is 3.75. The van der Waals surface area contributed by atoms with E-state index in [4.69, 9.17) is 9.47 Å². The summed E-state index contributed by atoms with van der Waals surface area (Å²) in [6, 6.07) is 2.28. The Hall–Kier alpha value is -0.580. The number of benzene rings is 1. The SMILES string of the molecule is COc1c(C2CNCCO2)cc2c(c1Br)CCC2. The lowest BCUT2D eigenvalue weighted by molar-refractivity contribution is 0.0261. The molecule has 4 heteroatoms. The maximum Gasteiger partial charge on any atom is 0.139 e. The van der Waals surface area contributed by atoms with Gasteiger partial charge in [0.05, 0.1) is 24.3 Å². The molecule has 0 saturated carbocycles. The predicted molar refractivity (Wildman–Crippen MR) is 74.3 cm³/mol. The molecule has 1 fully saturated rings. The summed E-state index contributed by atoms with van der Waals surface area (Å²) in [6.07, 6.45) is 3.67. The van der Waals surface area contributed by atoms with Crippen molar-refractivity contribution in [3.8, 4) is 5.75 Å². The molecule has 1 N–H and O–H groups in total. The van der Waals surface area contributed by atoms with Gasteiger partial charge in [-0.3, -0.25) is 0 Å². The van der Waals surface area contributed by atoms with Crippen LogP contribution in [0, 0.1) is 0 Å². The van der Waals surface area contributed by atoms with E-state index in [1.165, 1.54) is 29.5 Å². The van der Waals surface area contributed by atoms with E-state index in [0.29, 0.717) is 0 Å². The van der Waals surface area contributed by atoms with Crippen LogP contribution in [0.25, 0.3) is 0 Å². The predicted octanol–water partition coefficient (Wildman–Crippen LogP) is 2.61. The molecule has 1 heterocycles. The summed E-state index contributed by atoms with van der Waals surface area (Å²) < 4.78 is 12.6. The Labute approximate surface area is 116 Å². The zero-order chi connectivity index (χ0) is 12.5. The zero-order valence-corrected chi connectivity index (χ0v) is 12.2. The number of aryl methyl sites for hydroxylation is 1. The lowest BCUT2D eigenvalue weighted by atomic mass is 10.0. The van der Waals surface area contributed by atoms with Crippen molar-refractivity contribution in [2.75, 3.05) is 26.8 Å². The molecule has 0 spiro atoms. The van der Waals surface area contributed by atoms with Crippen molar-refractivity contribution in [2.24, 2.45) is 0 Å². The van der Waals surface area contributed by atoms with E-state index in [-0.39, 0.29) is 6.10 Å². The first-order valence-electron chi connectivity index (χ1n) is 6.51. The van der Waals surface area contributed by atoms with Gasteiger partial charge in [0.15, 0.2) is 0 Å². The highest BCUT2D eigenvalue weighted by atomic mass is 79.9. The molecule has 1 saturated heterocycles. The van der Waals surface area contributed by atoms with E-state index >= 15 is 0 Å². The van der Waals surface area contributed by atoms with Gasteiger partial charge in [0.25, 0.3) is 0 Å². The monoisotopic (exact) mass is 311 g/mol. The van der Waals surface area contributed by atoms with Crippen molar-refractivity contribution in [3.05, 3.63) is 27.2 Å². The molecule has 1 aromatic carbocycles. The highest BCUT2D eigenvalue weighted by Gasteiger charge is 2.26. The Bertz CT molecular complexity index is 456. The summed E-state index contributed by atoms with van der Waals surface area (Å²) in [5, 5.41) is 3.38. The smallest absolute Gasteiger partial charge is 0.139 e. The van der Waals surface area contributed by atoms with Crippen LogP contribution in [0.15, 0.2) is 10.5 Å². The highest BCUT2D eigenvalue weighted by molar-refractivity contribution is 9.10. The van der Waals surface area contributed by atoms with Crippen LogP contribution >= 0.6 is 15.9 Å². The van der Waals surface area contributed by atoms with Gasteiger partial charge >= 0.3 is 0 Å². The maximum absolute atomic E-state index is 5.86. The first-order valence-corrected chi connectivity index (χ1v) is 7.31. The summed E-state index contributed by atoms with van der Waals surface area (Å²) in [4.78, 5) is 0. The molecular weight excluding hydrogens is 294 g/mol. The first kappa shape index (κ1) is 12.5. The fraction of sp³-hybridized carbons (Fsp3) is 0.571. The van der Waals surface area contributed by atoms with Crippen LogP contribution in [-0.4, -0.2) is 26.8 Å². The minimum atomic E-state index is 0.107. The van der Waals surface area contributed by atoms with Gasteiger partial charge in [0, 0.05) is 18.7 Å². The minimum absolute atomic E-state index is 0.107. The van der Waals surface area contributed by atoms with Gasteiger partial charge in [-0.2, -0.15) is 0 Å². The number of hydrogen-bond donors (Lipinski definition) is 1. The number of hydrogen-bond acceptors (Lipinski definition) is 3. The third-order valence-electron chi connectivity index (χ3n) is 3.80. The van der Waals surface area contributed by atoms with Gasteiger partial charge in [-0.05, 0) is 52.4 Å². The second-order valence-corrected chi connectivity index (χ2v) is 5.66. The van der Waals surface area contributed by atoms with Crippen molar-refractivity contribution >= 4 is 15.9 Å². The summed E-state index contributed by atoms with van der Waals surface area (Å²) in [5.41, 5.74) is 4.04. The van der Waals surface area contributed by atoms with E-state index in [9.17, 15) is 0 Å². The number of halogens is 1. The largest absolute Gasteiger partial charge is 0.495 e. The highest BCUT2D eigenvalue weighted by Crippen LogP contribution is 2.42. The number of ether oxygens (including phenoxy) is 2. The van der Waals surface area contributed by atoms with Crippen LogP contribution in [-0.2, 0) is 17.6 Å². The number of rotatable bonds is 2. The third kappa shape index (κ3) is 2.06. The standard InChI is InChI=1S/C14H18BrNO2/c1-17-14-11(12-8-16-5-6-18-12)7-9-3-2-4-10(9)13(14)15/h7,12,16H,2-6,8H2,1H3. The topological polar surface area (TPSA) is 30.5 Å². The van der Waals surface area contributed by atoms with E-state index in [2.05, 4.69) is 27.3 Å². The normalized spacial score (nSPS) is 22.9. The molecule has 98 valence electrons. The van der Waals surface area contributed by atoms with Gasteiger partial charge in [-0.1, -0.05) is 0 Å². The van der Waals surface area contributed by atoms with Gasteiger partial charge in [0.2, 0.25) is 0 Å². The molecule has 1 aliphatic heterocycles. The lowest BCUT2D eigenvalue weighted by Crippen LogP contribution is -2.33. The number of methoxy groups -OCH3 is 1. The van der Waals surface area contributed by atoms with Crippen molar-refractivity contribution < 1.29 is 9.47 Å². The average Bonchev–Trinajstić information content (AvgIpc) is 2.88. The molecule has 0 radical (unpaired) electrons. The number of fused-ring (bicyclic) bond motifs is 1. The Morgan fingerprint density at radius 3 is 3.06 bits per heavy atom. The molecule has 3 nitrogen and oxygen atoms in total. The third-order valence-corrected chi connectivity index (χ3v) is 4.63. The molecule has 1 aliphatic carbocycles. The van der Waals surface area contributed by atoms with Gasteiger partial charge in [-0.15, -0.1) is 0 Å². The van der Waals surface area contributed by atoms with E-state index in [0.717, 1.165) is 36.3 Å². The molecule has 1 unspecified atom stereocenters. The van der Waals surface area contributed by atoms with Crippen molar-refractivity contribution in [2.45, 2.75) is 25.4 Å². The number of nitrogens with one attached hydrogen (secondary N) is 1. The second kappa shape index (κ2) is 5.19. The number of morpholine rings is 1. The van der Waals surface area contributed by atoms with Crippen molar-refractivity contribution in [1.29, 1.82) is 0 Å². The van der Waals surface area contributed by atoms with Crippen LogP contribution in [0.4, 0.5) is 0 Å². The van der Waals surface area contributed by atoms with E-state index < -0.39 is 0 Å². The molecular formula is C14H18BrNO2. The van der Waals surface area contributed by atoms with Crippen molar-refractivity contribution in [3.63, 3.8) is 0 Å². The molecule has 0 bridgehead atoms. The second-order valence-electron chi connectivity index (χ2n) is 4.87. The van der Waals surface area contributed by atoms with Crippen LogP contribution in [0.2, 0.25) is 0 Å². The molecule has 18 heavy (non-hydrogen) atoms. The van der Waals surface area contributed by atoms with E-state index in [1.807, 2.05) is 0 Å². The maximum atomic E-state index is 5.86. The van der Waals surface area contributed by atoms with Crippen LogP contribution in [0.5, 0.6) is 5.75 Å². The lowest BCUT2D eigenvalue weighted by Gasteiger charge is -2.26. The van der Waals surface area contributed by atoms with Gasteiger partial charge < -0.3 is 14.8 Å². The summed E-state index contributed by atoms with van der Waals surface area (Å²) >= 11 is 3.71. The van der Waals surface area contributed by atoms with Gasteiger partial charge in [0.1, 0.15) is 5.75 Å². The van der Waals surface area contributed by atoms with Crippen LogP contribution in [0.3, 0.4) is 0 Å². The molecule has 2 aliphatic rings. The fourth-order valence-electron chi connectivity index (χ4n) is 2.91. The molecule has 1 aromatic rings. The van der Waals surface area contributed by atoms with Crippen LogP contribution < -0.4 is 10.1 Å².